The van der Waals surface area contributed by atoms with Crippen molar-refractivity contribution in [3.63, 3.8) is 0 Å². The van der Waals surface area contributed by atoms with Crippen LogP contribution in [0.4, 0.5) is 4.39 Å². The number of aromatic amines is 1. The molecule has 3 atom stereocenters. The summed E-state index contributed by atoms with van der Waals surface area (Å²) in [6.07, 6.45) is 5.24. The lowest BCUT2D eigenvalue weighted by molar-refractivity contribution is -0.133. The summed E-state index contributed by atoms with van der Waals surface area (Å²) in [4.78, 5) is 20.6. The van der Waals surface area contributed by atoms with Gasteiger partial charge in [-0.3, -0.25) is 19.9 Å². The van der Waals surface area contributed by atoms with Gasteiger partial charge in [-0.15, -0.1) is 0 Å². The largest absolute Gasteiger partial charge is 0.369 e. The van der Waals surface area contributed by atoms with Crippen LogP contribution in [0.25, 0.3) is 10.9 Å². The lowest BCUT2D eigenvalue weighted by Gasteiger charge is -2.49. The lowest BCUT2D eigenvalue weighted by atomic mass is 9.54. The van der Waals surface area contributed by atoms with Gasteiger partial charge in [0.25, 0.3) is 0 Å². The van der Waals surface area contributed by atoms with Gasteiger partial charge >= 0.3 is 0 Å². The van der Waals surface area contributed by atoms with E-state index in [1.807, 2.05) is 6.07 Å². The first-order valence-electron chi connectivity index (χ1n) is 7.27. The van der Waals surface area contributed by atoms with E-state index < -0.39 is 23.4 Å². The van der Waals surface area contributed by atoms with Crippen LogP contribution < -0.4 is 5.73 Å². The Morgan fingerprint density at radius 1 is 1.39 bits per heavy atom. The maximum absolute atomic E-state index is 14.6. The molecule has 3 unspecified atom stereocenters. The molecule has 3 heterocycles. The van der Waals surface area contributed by atoms with Gasteiger partial charge < -0.3 is 5.73 Å². The Morgan fingerprint density at radius 3 is 2.96 bits per heavy atom. The fourth-order valence-corrected chi connectivity index (χ4v) is 3.50. The fourth-order valence-electron chi connectivity index (χ4n) is 3.50. The summed E-state index contributed by atoms with van der Waals surface area (Å²) in [6.45, 7) is 0. The molecule has 1 aliphatic rings. The van der Waals surface area contributed by atoms with Gasteiger partial charge in [0.2, 0.25) is 5.91 Å². The van der Waals surface area contributed by atoms with Crippen LogP contribution in [-0.2, 0) is 10.2 Å². The number of amides is 1. The van der Waals surface area contributed by atoms with Crippen molar-refractivity contribution in [2.24, 2.45) is 5.73 Å². The number of nitrogens with two attached hydrogens (primary N) is 1. The maximum atomic E-state index is 14.6. The van der Waals surface area contributed by atoms with Crippen molar-refractivity contribution >= 4 is 16.8 Å². The third-order valence-electron chi connectivity index (χ3n) is 4.74. The van der Waals surface area contributed by atoms with Crippen LogP contribution in [0.2, 0.25) is 0 Å². The fraction of sp³-hybridized carbons (Fsp3) is 0.250. The van der Waals surface area contributed by atoms with Crippen molar-refractivity contribution in [2.75, 3.05) is 0 Å². The molecule has 0 aromatic carbocycles. The summed E-state index contributed by atoms with van der Waals surface area (Å²) < 4.78 is 14.6. The van der Waals surface area contributed by atoms with Crippen LogP contribution in [0, 0.1) is 0 Å². The smallest absolute Gasteiger partial charge is 0.231 e. The van der Waals surface area contributed by atoms with Gasteiger partial charge in [-0.1, -0.05) is 6.07 Å². The Morgan fingerprint density at radius 2 is 2.26 bits per heavy atom. The van der Waals surface area contributed by atoms with Gasteiger partial charge in [0.15, 0.2) is 0 Å². The molecular weight excluding hydrogens is 297 g/mol. The molecule has 0 bridgehead atoms. The molecule has 4 rings (SSSR count). The van der Waals surface area contributed by atoms with Gasteiger partial charge in [-0.05, 0) is 24.1 Å². The second-order valence-corrected chi connectivity index (χ2v) is 5.80. The number of carbonyl (C=O) groups is 1. The number of halogens is 1. The van der Waals surface area contributed by atoms with Gasteiger partial charge in [0.1, 0.15) is 11.6 Å². The number of carbonyl (C=O) groups excluding carboxylic acids is 1. The number of alkyl halides is 1. The summed E-state index contributed by atoms with van der Waals surface area (Å²) in [5.41, 5.74) is 6.12. The molecule has 1 aliphatic carbocycles. The zero-order chi connectivity index (χ0) is 16.0. The second kappa shape index (κ2) is 4.84. The molecule has 116 valence electrons. The number of nitrogens with zero attached hydrogens (tertiary/aromatic N) is 3. The highest BCUT2D eigenvalue weighted by Crippen LogP contribution is 2.55. The SMILES string of the molecule is NC(=O)C1(c2cccnc2)C(F)CC1c1cc2cn[nH]c2cn1. The van der Waals surface area contributed by atoms with Crippen LogP contribution in [0.3, 0.4) is 0 Å². The van der Waals surface area contributed by atoms with Crippen molar-refractivity contribution < 1.29 is 9.18 Å². The molecule has 3 aromatic rings. The van der Waals surface area contributed by atoms with Gasteiger partial charge in [-0.25, -0.2) is 4.39 Å². The van der Waals surface area contributed by atoms with E-state index in [-0.39, 0.29) is 6.42 Å². The molecule has 0 saturated heterocycles. The van der Waals surface area contributed by atoms with E-state index >= 15 is 0 Å². The number of fused-ring (bicyclic) bond motifs is 1. The van der Waals surface area contributed by atoms with Crippen molar-refractivity contribution in [3.05, 3.63) is 54.2 Å². The van der Waals surface area contributed by atoms with Crippen LogP contribution >= 0.6 is 0 Å². The molecule has 3 N–H and O–H groups in total. The van der Waals surface area contributed by atoms with E-state index in [2.05, 4.69) is 20.2 Å². The zero-order valence-corrected chi connectivity index (χ0v) is 12.1. The highest BCUT2D eigenvalue weighted by Gasteiger charge is 2.62. The summed E-state index contributed by atoms with van der Waals surface area (Å²) >= 11 is 0. The van der Waals surface area contributed by atoms with E-state index in [0.717, 1.165) is 10.9 Å². The topological polar surface area (TPSA) is 97.5 Å². The molecule has 1 amide bonds. The number of hydrogen-bond acceptors (Lipinski definition) is 4. The maximum Gasteiger partial charge on any atom is 0.231 e. The summed E-state index contributed by atoms with van der Waals surface area (Å²) in [5, 5.41) is 7.63. The molecule has 6 nitrogen and oxygen atoms in total. The van der Waals surface area contributed by atoms with Gasteiger partial charge in [0.05, 0.1) is 17.9 Å². The lowest BCUT2D eigenvalue weighted by Crippen LogP contribution is -2.61. The highest BCUT2D eigenvalue weighted by atomic mass is 19.1. The molecular formula is C16H14FN5O. The average molecular weight is 311 g/mol. The third-order valence-corrected chi connectivity index (χ3v) is 4.74. The van der Waals surface area contributed by atoms with Crippen LogP contribution in [0.15, 0.2) is 43.0 Å². The van der Waals surface area contributed by atoms with Crippen molar-refractivity contribution in [3.8, 4) is 0 Å². The predicted octanol–water partition coefficient (Wildman–Crippen LogP) is 1.60. The number of H-pyrrole nitrogens is 1. The standard InChI is InChI=1S/C16H14FN5O/c17-14-5-11(12-4-9-6-21-22-13(9)8-20-12)16(14,15(18)23)10-2-1-3-19-7-10/h1-4,6-8,11,14H,5H2,(H2,18,23)(H,21,22). The van der Waals surface area contributed by atoms with Crippen molar-refractivity contribution in [1.82, 2.24) is 20.2 Å². The number of primary amides is 1. The third kappa shape index (κ3) is 1.79. The highest BCUT2D eigenvalue weighted by molar-refractivity contribution is 5.91. The van der Waals surface area contributed by atoms with Gasteiger partial charge in [-0.2, -0.15) is 5.10 Å². The van der Waals surface area contributed by atoms with Gasteiger partial charge in [0, 0.05) is 29.4 Å². The first-order valence-corrected chi connectivity index (χ1v) is 7.27. The first kappa shape index (κ1) is 13.8. The molecule has 1 fully saturated rings. The Bertz CT molecular complexity index is 880. The predicted molar refractivity (Wildman–Crippen MR) is 81.3 cm³/mol. The summed E-state index contributed by atoms with van der Waals surface area (Å²) in [6, 6.07) is 5.19. The van der Waals surface area contributed by atoms with E-state index in [4.69, 9.17) is 5.73 Å². The number of pyridine rings is 2. The molecule has 0 radical (unpaired) electrons. The minimum atomic E-state index is -1.42. The normalized spacial score (nSPS) is 26.8. The molecule has 23 heavy (non-hydrogen) atoms. The monoisotopic (exact) mass is 311 g/mol. The molecule has 0 aliphatic heterocycles. The van der Waals surface area contributed by atoms with E-state index in [9.17, 15) is 9.18 Å². The molecule has 1 saturated carbocycles. The summed E-state index contributed by atoms with van der Waals surface area (Å²) in [5.74, 6) is -1.11. The van der Waals surface area contributed by atoms with Crippen LogP contribution in [0.5, 0.6) is 0 Å². The minimum Gasteiger partial charge on any atom is -0.369 e. The molecule has 7 heteroatoms. The number of rotatable bonds is 3. The number of hydrogen-bond donors (Lipinski definition) is 2. The van der Waals surface area contributed by atoms with Crippen LogP contribution in [-0.4, -0.2) is 32.2 Å². The second-order valence-electron chi connectivity index (χ2n) is 5.80. The van der Waals surface area contributed by atoms with E-state index in [0.29, 0.717) is 11.3 Å². The zero-order valence-electron chi connectivity index (χ0n) is 12.1. The minimum absolute atomic E-state index is 0.203. The molecule has 3 aromatic heterocycles. The number of aromatic nitrogens is 4. The Labute approximate surface area is 130 Å². The van der Waals surface area contributed by atoms with Crippen molar-refractivity contribution in [1.29, 1.82) is 0 Å². The van der Waals surface area contributed by atoms with Crippen molar-refractivity contribution in [2.45, 2.75) is 23.9 Å². The van der Waals surface area contributed by atoms with E-state index in [1.54, 1.807) is 30.7 Å². The Hall–Kier alpha value is -2.83. The summed E-state index contributed by atoms with van der Waals surface area (Å²) in [7, 11) is 0. The molecule has 0 spiro atoms. The first-order chi connectivity index (χ1) is 11.1. The average Bonchev–Trinajstić information content (AvgIpc) is 3.01. The Balaban J connectivity index is 1.86. The Kier molecular flexibility index (Phi) is 2.90. The number of nitrogens with one attached hydrogen (secondary N) is 1. The van der Waals surface area contributed by atoms with E-state index in [1.165, 1.54) is 6.20 Å². The quantitative estimate of drug-likeness (QED) is 0.767. The van der Waals surface area contributed by atoms with Crippen LogP contribution in [0.1, 0.15) is 23.6 Å².